The largest absolute Gasteiger partial charge is 0.433 e. The van der Waals surface area contributed by atoms with Gasteiger partial charge in [-0.05, 0) is 19.9 Å². The minimum Gasteiger partial charge on any atom is -0.368 e. The van der Waals surface area contributed by atoms with E-state index in [4.69, 9.17) is 5.73 Å². The third kappa shape index (κ3) is 3.10. The van der Waals surface area contributed by atoms with E-state index < -0.39 is 11.9 Å². The average molecular weight is 233 g/mol. The van der Waals surface area contributed by atoms with E-state index in [1.807, 2.05) is 13.8 Å². The zero-order chi connectivity index (χ0) is 12.3. The van der Waals surface area contributed by atoms with Crippen LogP contribution in [0.4, 0.5) is 19.0 Å². The molecule has 0 atom stereocenters. The van der Waals surface area contributed by atoms with Gasteiger partial charge < -0.3 is 11.1 Å². The van der Waals surface area contributed by atoms with Crippen molar-refractivity contribution in [3.8, 4) is 0 Å². The van der Waals surface area contributed by atoms with Gasteiger partial charge in [-0.25, -0.2) is 4.98 Å². The van der Waals surface area contributed by atoms with Crippen molar-refractivity contribution >= 4 is 5.82 Å². The van der Waals surface area contributed by atoms with Gasteiger partial charge in [0.2, 0.25) is 0 Å². The van der Waals surface area contributed by atoms with Crippen LogP contribution in [0.25, 0.3) is 0 Å². The fourth-order valence-electron chi connectivity index (χ4n) is 1.21. The van der Waals surface area contributed by atoms with Crippen LogP contribution < -0.4 is 11.1 Å². The molecular weight excluding hydrogens is 219 g/mol. The van der Waals surface area contributed by atoms with Crippen molar-refractivity contribution in [3.05, 3.63) is 23.4 Å². The van der Waals surface area contributed by atoms with Gasteiger partial charge in [0.15, 0.2) is 0 Å². The van der Waals surface area contributed by atoms with Crippen molar-refractivity contribution in [2.75, 3.05) is 5.32 Å². The summed E-state index contributed by atoms with van der Waals surface area (Å²) in [5.74, 6) is 0.201. The van der Waals surface area contributed by atoms with E-state index in [-0.39, 0.29) is 18.4 Å². The van der Waals surface area contributed by atoms with Crippen LogP contribution in [0.1, 0.15) is 25.1 Å². The third-order valence-electron chi connectivity index (χ3n) is 1.91. The molecule has 0 fully saturated rings. The molecule has 0 spiro atoms. The Labute approximate surface area is 91.9 Å². The van der Waals surface area contributed by atoms with Gasteiger partial charge in [-0.3, -0.25) is 0 Å². The number of halogens is 3. The van der Waals surface area contributed by atoms with E-state index in [1.54, 1.807) is 0 Å². The molecule has 0 unspecified atom stereocenters. The monoisotopic (exact) mass is 233 g/mol. The van der Waals surface area contributed by atoms with E-state index >= 15 is 0 Å². The fourth-order valence-corrected chi connectivity index (χ4v) is 1.21. The molecule has 0 aromatic carbocycles. The predicted octanol–water partition coefficient (Wildman–Crippen LogP) is 2.38. The fraction of sp³-hybridized carbons (Fsp3) is 0.500. The Kier molecular flexibility index (Phi) is 3.74. The molecule has 0 radical (unpaired) electrons. The summed E-state index contributed by atoms with van der Waals surface area (Å²) in [5.41, 5.74) is 5.09. The number of hydrogen-bond acceptors (Lipinski definition) is 3. The second-order valence-corrected chi connectivity index (χ2v) is 3.71. The van der Waals surface area contributed by atoms with Gasteiger partial charge in [0, 0.05) is 18.2 Å². The molecule has 0 amide bonds. The van der Waals surface area contributed by atoms with Crippen molar-refractivity contribution in [3.63, 3.8) is 0 Å². The van der Waals surface area contributed by atoms with Gasteiger partial charge in [0.25, 0.3) is 0 Å². The Balaban J connectivity index is 3.11. The second kappa shape index (κ2) is 4.69. The standard InChI is InChI=1S/C10H14F3N3/c1-6(2)15-9-7(5-14)3-4-8(16-9)10(11,12)13/h3-4,6H,5,14H2,1-2H3,(H,15,16). The number of alkyl halides is 3. The van der Waals surface area contributed by atoms with Crippen LogP contribution in [0.2, 0.25) is 0 Å². The second-order valence-electron chi connectivity index (χ2n) is 3.71. The normalized spacial score (nSPS) is 11.9. The van der Waals surface area contributed by atoms with Gasteiger partial charge in [0.1, 0.15) is 11.5 Å². The molecule has 3 nitrogen and oxygen atoms in total. The number of rotatable bonds is 3. The first kappa shape index (κ1) is 12.8. The molecule has 0 aliphatic rings. The van der Waals surface area contributed by atoms with Crippen LogP contribution in [0, 0.1) is 0 Å². The number of anilines is 1. The van der Waals surface area contributed by atoms with Crippen molar-refractivity contribution in [1.29, 1.82) is 0 Å². The van der Waals surface area contributed by atoms with E-state index in [9.17, 15) is 13.2 Å². The molecule has 1 aromatic rings. The topological polar surface area (TPSA) is 50.9 Å². The number of nitrogens with two attached hydrogens (primary N) is 1. The molecule has 0 aliphatic heterocycles. The Morgan fingerprint density at radius 2 is 2.00 bits per heavy atom. The minimum atomic E-state index is -4.43. The zero-order valence-electron chi connectivity index (χ0n) is 9.10. The lowest BCUT2D eigenvalue weighted by Crippen LogP contribution is -2.17. The molecule has 3 N–H and O–H groups in total. The first-order chi connectivity index (χ1) is 7.34. The highest BCUT2D eigenvalue weighted by molar-refractivity contribution is 5.45. The predicted molar refractivity (Wildman–Crippen MR) is 55.9 cm³/mol. The Bertz CT molecular complexity index is 361. The van der Waals surface area contributed by atoms with Crippen molar-refractivity contribution < 1.29 is 13.2 Å². The summed E-state index contributed by atoms with van der Waals surface area (Å²) in [7, 11) is 0. The smallest absolute Gasteiger partial charge is 0.368 e. The third-order valence-corrected chi connectivity index (χ3v) is 1.91. The van der Waals surface area contributed by atoms with Crippen LogP contribution in [-0.4, -0.2) is 11.0 Å². The molecule has 90 valence electrons. The zero-order valence-corrected chi connectivity index (χ0v) is 9.10. The molecule has 0 saturated heterocycles. The van der Waals surface area contributed by atoms with Crippen molar-refractivity contribution in [2.24, 2.45) is 5.73 Å². The lowest BCUT2D eigenvalue weighted by molar-refractivity contribution is -0.141. The SMILES string of the molecule is CC(C)Nc1nc(C(F)(F)F)ccc1CN. The maximum atomic E-state index is 12.4. The molecule has 0 saturated carbocycles. The van der Waals surface area contributed by atoms with Crippen LogP contribution in [-0.2, 0) is 12.7 Å². The van der Waals surface area contributed by atoms with Crippen LogP contribution in [0.3, 0.4) is 0 Å². The highest BCUT2D eigenvalue weighted by Crippen LogP contribution is 2.29. The summed E-state index contributed by atoms with van der Waals surface area (Å²) in [6, 6.07) is 2.29. The Morgan fingerprint density at radius 3 is 2.44 bits per heavy atom. The average Bonchev–Trinajstić information content (AvgIpc) is 2.15. The maximum absolute atomic E-state index is 12.4. The quantitative estimate of drug-likeness (QED) is 0.842. The Morgan fingerprint density at radius 1 is 1.38 bits per heavy atom. The van der Waals surface area contributed by atoms with Crippen LogP contribution >= 0.6 is 0 Å². The molecule has 6 heteroatoms. The highest BCUT2D eigenvalue weighted by atomic mass is 19.4. The summed E-state index contributed by atoms with van der Waals surface area (Å²) in [6.07, 6.45) is -4.43. The lowest BCUT2D eigenvalue weighted by atomic mass is 10.2. The molecular formula is C10H14F3N3. The molecule has 0 bridgehead atoms. The summed E-state index contributed by atoms with van der Waals surface area (Å²) in [6.45, 7) is 3.80. The summed E-state index contributed by atoms with van der Waals surface area (Å²) >= 11 is 0. The molecule has 0 aliphatic carbocycles. The maximum Gasteiger partial charge on any atom is 0.433 e. The number of pyridine rings is 1. The van der Waals surface area contributed by atoms with Gasteiger partial charge in [-0.15, -0.1) is 0 Å². The number of hydrogen-bond donors (Lipinski definition) is 2. The lowest BCUT2D eigenvalue weighted by Gasteiger charge is -2.15. The first-order valence-corrected chi connectivity index (χ1v) is 4.88. The highest BCUT2D eigenvalue weighted by Gasteiger charge is 2.32. The summed E-state index contributed by atoms with van der Waals surface area (Å²) in [5, 5.41) is 2.85. The minimum absolute atomic E-state index is 0.00119. The van der Waals surface area contributed by atoms with E-state index in [1.165, 1.54) is 6.07 Å². The number of nitrogens with one attached hydrogen (secondary N) is 1. The van der Waals surface area contributed by atoms with Crippen molar-refractivity contribution in [1.82, 2.24) is 4.98 Å². The van der Waals surface area contributed by atoms with Gasteiger partial charge >= 0.3 is 6.18 Å². The van der Waals surface area contributed by atoms with E-state index in [0.717, 1.165) is 6.07 Å². The van der Waals surface area contributed by atoms with Crippen LogP contribution in [0.5, 0.6) is 0 Å². The summed E-state index contributed by atoms with van der Waals surface area (Å²) < 4.78 is 37.3. The molecule has 16 heavy (non-hydrogen) atoms. The van der Waals surface area contributed by atoms with Gasteiger partial charge in [0.05, 0.1) is 0 Å². The van der Waals surface area contributed by atoms with E-state index in [2.05, 4.69) is 10.3 Å². The molecule has 1 rings (SSSR count). The van der Waals surface area contributed by atoms with Crippen LogP contribution in [0.15, 0.2) is 12.1 Å². The Hall–Kier alpha value is -1.30. The number of aromatic nitrogens is 1. The van der Waals surface area contributed by atoms with Gasteiger partial charge in [-0.1, -0.05) is 6.07 Å². The van der Waals surface area contributed by atoms with Crippen molar-refractivity contribution in [2.45, 2.75) is 32.6 Å². The first-order valence-electron chi connectivity index (χ1n) is 4.88. The van der Waals surface area contributed by atoms with E-state index in [0.29, 0.717) is 5.56 Å². The number of nitrogens with zero attached hydrogens (tertiary/aromatic N) is 1. The van der Waals surface area contributed by atoms with Gasteiger partial charge in [-0.2, -0.15) is 13.2 Å². The molecule has 1 heterocycles. The summed E-state index contributed by atoms with van der Waals surface area (Å²) in [4.78, 5) is 3.54. The molecule has 1 aromatic heterocycles.